The van der Waals surface area contributed by atoms with E-state index in [0.717, 1.165) is 11.1 Å². The summed E-state index contributed by atoms with van der Waals surface area (Å²) in [5.74, 6) is 1.03. The van der Waals surface area contributed by atoms with E-state index >= 15 is 0 Å². The molecular weight excluding hydrogens is 516 g/mol. The van der Waals surface area contributed by atoms with Crippen LogP contribution >= 0.6 is 11.6 Å². The molecule has 1 aliphatic rings. The SMILES string of the molecule is O=C(NCc1ccc2c(c1)OCO2)[C@H](c1ccccc1)N(Cc1ccccc1)C(=O)COc1ccccc1Cl. The predicted molar refractivity (Wildman–Crippen MR) is 148 cm³/mol. The topological polar surface area (TPSA) is 77.1 Å². The van der Waals surface area contributed by atoms with Gasteiger partial charge in [0.2, 0.25) is 12.7 Å². The Morgan fingerprint density at radius 1 is 0.846 bits per heavy atom. The number of nitrogens with zero attached hydrogens (tertiary/aromatic N) is 1. The van der Waals surface area contributed by atoms with Crippen LogP contribution in [0.1, 0.15) is 22.7 Å². The third-order valence-corrected chi connectivity index (χ3v) is 6.60. The monoisotopic (exact) mass is 542 g/mol. The van der Waals surface area contributed by atoms with E-state index in [4.69, 9.17) is 25.8 Å². The lowest BCUT2D eigenvalue weighted by Crippen LogP contribution is -2.45. The van der Waals surface area contributed by atoms with Crippen LogP contribution in [0.3, 0.4) is 0 Å². The average Bonchev–Trinajstić information content (AvgIpc) is 3.44. The molecule has 5 rings (SSSR count). The molecule has 4 aromatic rings. The third-order valence-electron chi connectivity index (χ3n) is 6.28. The maximum atomic E-state index is 13.8. The quantitative estimate of drug-likeness (QED) is 0.285. The van der Waals surface area contributed by atoms with Crippen molar-refractivity contribution in [3.05, 3.63) is 125 Å². The smallest absolute Gasteiger partial charge is 0.261 e. The first-order valence-electron chi connectivity index (χ1n) is 12.5. The summed E-state index contributed by atoms with van der Waals surface area (Å²) < 4.78 is 16.6. The molecular formula is C31H27ClN2O5. The number of benzene rings is 4. The van der Waals surface area contributed by atoms with Crippen LogP contribution in [0.4, 0.5) is 0 Å². The lowest BCUT2D eigenvalue weighted by Gasteiger charge is -2.31. The van der Waals surface area contributed by atoms with Crippen molar-refractivity contribution in [2.24, 2.45) is 0 Å². The highest BCUT2D eigenvalue weighted by molar-refractivity contribution is 6.32. The average molecular weight is 543 g/mol. The maximum absolute atomic E-state index is 13.8. The highest BCUT2D eigenvalue weighted by atomic mass is 35.5. The minimum absolute atomic E-state index is 0.175. The third kappa shape index (κ3) is 6.51. The number of carbonyl (C=O) groups is 2. The number of halogens is 1. The molecule has 1 aliphatic heterocycles. The van der Waals surface area contributed by atoms with E-state index in [1.54, 1.807) is 24.3 Å². The predicted octanol–water partition coefficient (Wildman–Crippen LogP) is 5.53. The zero-order valence-corrected chi connectivity index (χ0v) is 21.8. The summed E-state index contributed by atoms with van der Waals surface area (Å²) in [6.07, 6.45) is 0. The van der Waals surface area contributed by atoms with E-state index in [0.29, 0.717) is 27.8 Å². The van der Waals surface area contributed by atoms with Crippen LogP contribution in [0.5, 0.6) is 17.2 Å². The van der Waals surface area contributed by atoms with Crippen molar-refractivity contribution in [1.82, 2.24) is 10.2 Å². The van der Waals surface area contributed by atoms with Gasteiger partial charge in [-0.05, 0) is 41.0 Å². The Kier molecular flexibility index (Phi) is 8.29. The first-order valence-corrected chi connectivity index (χ1v) is 12.9. The van der Waals surface area contributed by atoms with Gasteiger partial charge in [0.25, 0.3) is 5.91 Å². The molecule has 1 heterocycles. The second-order valence-corrected chi connectivity index (χ2v) is 9.35. The first-order chi connectivity index (χ1) is 19.1. The second-order valence-electron chi connectivity index (χ2n) is 8.94. The number of rotatable bonds is 10. The molecule has 0 saturated heterocycles. The Balaban J connectivity index is 1.41. The molecule has 0 bridgehead atoms. The minimum atomic E-state index is -0.900. The molecule has 0 unspecified atom stereocenters. The van der Waals surface area contributed by atoms with Gasteiger partial charge < -0.3 is 24.4 Å². The van der Waals surface area contributed by atoms with Crippen molar-refractivity contribution in [1.29, 1.82) is 0 Å². The molecule has 4 aromatic carbocycles. The Labute approximate surface area is 231 Å². The van der Waals surface area contributed by atoms with Crippen molar-refractivity contribution in [2.45, 2.75) is 19.1 Å². The standard InChI is InChI=1S/C31H27ClN2O5/c32-25-13-7-8-14-26(25)37-20-29(35)34(19-22-9-3-1-4-10-22)30(24-11-5-2-6-12-24)31(36)33-18-23-15-16-27-28(17-23)39-21-38-27/h1-17,30H,18-21H2,(H,33,36)/t30-/m0/s1. The van der Waals surface area contributed by atoms with Crippen molar-refractivity contribution in [2.75, 3.05) is 13.4 Å². The van der Waals surface area contributed by atoms with Crippen molar-refractivity contribution >= 4 is 23.4 Å². The van der Waals surface area contributed by atoms with E-state index in [2.05, 4.69) is 5.32 Å². The van der Waals surface area contributed by atoms with Gasteiger partial charge in [0.15, 0.2) is 18.1 Å². The van der Waals surface area contributed by atoms with E-state index in [9.17, 15) is 9.59 Å². The van der Waals surface area contributed by atoms with Crippen LogP contribution in [-0.4, -0.2) is 30.1 Å². The van der Waals surface area contributed by atoms with Crippen molar-refractivity contribution < 1.29 is 23.8 Å². The summed E-state index contributed by atoms with van der Waals surface area (Å²) in [6, 6.07) is 30.4. The van der Waals surface area contributed by atoms with Gasteiger partial charge in [-0.1, -0.05) is 90.5 Å². The van der Waals surface area contributed by atoms with Gasteiger partial charge in [-0.3, -0.25) is 9.59 Å². The highest BCUT2D eigenvalue weighted by Gasteiger charge is 2.32. The number of para-hydroxylation sites is 1. The largest absolute Gasteiger partial charge is 0.482 e. The number of nitrogens with one attached hydrogen (secondary N) is 1. The Hall–Kier alpha value is -4.49. The molecule has 0 saturated carbocycles. The van der Waals surface area contributed by atoms with E-state index in [1.165, 1.54) is 4.90 Å². The van der Waals surface area contributed by atoms with Crippen LogP contribution in [0.25, 0.3) is 0 Å². The van der Waals surface area contributed by atoms with E-state index in [1.807, 2.05) is 78.9 Å². The number of fused-ring (bicyclic) bond motifs is 1. The lowest BCUT2D eigenvalue weighted by molar-refractivity contribution is -0.143. The van der Waals surface area contributed by atoms with Gasteiger partial charge in [-0.15, -0.1) is 0 Å². The number of amides is 2. The molecule has 1 N–H and O–H groups in total. The van der Waals surface area contributed by atoms with Crippen LogP contribution < -0.4 is 19.5 Å². The molecule has 0 aromatic heterocycles. The first kappa shape index (κ1) is 26.1. The molecule has 1 atom stereocenters. The van der Waals surface area contributed by atoms with Gasteiger partial charge in [-0.25, -0.2) is 0 Å². The molecule has 198 valence electrons. The van der Waals surface area contributed by atoms with Crippen LogP contribution in [-0.2, 0) is 22.7 Å². The van der Waals surface area contributed by atoms with Crippen LogP contribution in [0, 0.1) is 0 Å². The fourth-order valence-electron chi connectivity index (χ4n) is 4.33. The molecule has 0 fully saturated rings. The zero-order chi connectivity index (χ0) is 27.0. The fraction of sp³-hybridized carbons (Fsp3) is 0.161. The Bertz CT molecular complexity index is 1430. The van der Waals surface area contributed by atoms with Gasteiger partial charge >= 0.3 is 0 Å². The van der Waals surface area contributed by atoms with Gasteiger partial charge in [0, 0.05) is 13.1 Å². The number of ether oxygens (including phenoxy) is 3. The number of hydrogen-bond acceptors (Lipinski definition) is 5. The Morgan fingerprint density at radius 3 is 2.31 bits per heavy atom. The summed E-state index contributed by atoms with van der Waals surface area (Å²) in [7, 11) is 0. The molecule has 0 aliphatic carbocycles. The van der Waals surface area contributed by atoms with Crippen LogP contribution in [0.2, 0.25) is 5.02 Å². The summed E-state index contributed by atoms with van der Waals surface area (Å²) in [5.41, 5.74) is 2.42. The fourth-order valence-corrected chi connectivity index (χ4v) is 4.52. The second kappa shape index (κ2) is 12.4. The maximum Gasteiger partial charge on any atom is 0.261 e. The van der Waals surface area contributed by atoms with Crippen molar-refractivity contribution in [3.8, 4) is 17.2 Å². The summed E-state index contributed by atoms with van der Waals surface area (Å²) in [5, 5.41) is 3.41. The molecule has 0 spiro atoms. The lowest BCUT2D eigenvalue weighted by atomic mass is 10.0. The normalized spacial score (nSPS) is 12.4. The molecule has 8 heteroatoms. The summed E-state index contributed by atoms with van der Waals surface area (Å²) >= 11 is 6.23. The van der Waals surface area contributed by atoms with Crippen LogP contribution in [0.15, 0.2) is 103 Å². The van der Waals surface area contributed by atoms with Gasteiger partial charge in [0.1, 0.15) is 11.8 Å². The number of hydrogen-bond donors (Lipinski definition) is 1. The van der Waals surface area contributed by atoms with Crippen molar-refractivity contribution in [3.63, 3.8) is 0 Å². The molecule has 0 radical (unpaired) electrons. The van der Waals surface area contributed by atoms with E-state index in [-0.39, 0.29) is 38.3 Å². The summed E-state index contributed by atoms with van der Waals surface area (Å²) in [4.78, 5) is 29.0. The number of carbonyl (C=O) groups excluding carboxylic acids is 2. The minimum Gasteiger partial charge on any atom is -0.482 e. The van der Waals surface area contributed by atoms with E-state index < -0.39 is 6.04 Å². The molecule has 7 nitrogen and oxygen atoms in total. The van der Waals surface area contributed by atoms with Gasteiger partial charge in [-0.2, -0.15) is 0 Å². The van der Waals surface area contributed by atoms with Gasteiger partial charge in [0.05, 0.1) is 5.02 Å². The Morgan fingerprint density at radius 2 is 1.54 bits per heavy atom. The highest BCUT2D eigenvalue weighted by Crippen LogP contribution is 2.32. The molecule has 39 heavy (non-hydrogen) atoms. The summed E-state index contributed by atoms with van der Waals surface area (Å²) in [6.45, 7) is 0.355. The molecule has 2 amide bonds. The zero-order valence-electron chi connectivity index (χ0n) is 21.1.